The molecule has 0 N–H and O–H groups in total. The van der Waals surface area contributed by atoms with E-state index in [-0.39, 0.29) is 0 Å². The summed E-state index contributed by atoms with van der Waals surface area (Å²) in [6.45, 7) is 0.415. The maximum Gasteiger partial charge on any atom is 0.490 e. The highest BCUT2D eigenvalue weighted by Gasteiger charge is 2.14. The maximum atomic E-state index is 10.5. The second-order valence-corrected chi connectivity index (χ2v) is 5.39. The summed E-state index contributed by atoms with van der Waals surface area (Å²) in [5.74, 6) is 0.214. The average Bonchev–Trinajstić information content (AvgIpc) is 3.22. The summed E-state index contributed by atoms with van der Waals surface area (Å²) in [6.07, 6.45) is 3.45. The first-order valence-corrected chi connectivity index (χ1v) is 7.20. The van der Waals surface area contributed by atoms with Crippen molar-refractivity contribution in [2.24, 2.45) is 0 Å². The first-order chi connectivity index (χ1) is 10.7. The lowest BCUT2D eigenvalue weighted by Gasteiger charge is -1.91. The van der Waals surface area contributed by atoms with Crippen molar-refractivity contribution in [2.45, 2.75) is 13.0 Å². The van der Waals surface area contributed by atoms with Gasteiger partial charge in [0.05, 0.1) is 11.9 Å². The highest BCUT2D eigenvalue weighted by atomic mass is 32.1. The minimum atomic E-state index is -0.626. The van der Waals surface area contributed by atoms with Crippen molar-refractivity contribution in [3.8, 4) is 0 Å². The van der Waals surface area contributed by atoms with Crippen LogP contribution in [0.1, 0.15) is 5.82 Å². The monoisotopic (exact) mass is 316 g/mol. The van der Waals surface area contributed by atoms with Crippen molar-refractivity contribution in [3.05, 3.63) is 40.0 Å². The molecule has 0 spiro atoms. The molecule has 0 radical (unpaired) electrons. The molecule has 0 amide bonds. The third kappa shape index (κ3) is 2.07. The fraction of sp³-hybridized carbons (Fsp3) is 0.182. The van der Waals surface area contributed by atoms with Crippen LogP contribution < -0.4 is 0 Å². The van der Waals surface area contributed by atoms with Crippen molar-refractivity contribution in [2.75, 3.05) is 0 Å². The summed E-state index contributed by atoms with van der Waals surface area (Å²) in [5.41, 5.74) is 0.755. The average molecular weight is 316 g/mol. The normalized spacial score (nSPS) is 11.5. The number of fused-ring (bicyclic) bond motifs is 3. The second kappa shape index (κ2) is 4.80. The molecule has 0 fully saturated rings. The van der Waals surface area contributed by atoms with Crippen molar-refractivity contribution < 1.29 is 4.92 Å². The Morgan fingerprint density at radius 2 is 2.18 bits per heavy atom. The predicted molar refractivity (Wildman–Crippen MR) is 76.5 cm³/mol. The Labute approximate surface area is 126 Å². The van der Waals surface area contributed by atoms with Crippen molar-refractivity contribution in [1.82, 2.24) is 34.3 Å². The zero-order valence-electron chi connectivity index (χ0n) is 11.0. The highest BCUT2D eigenvalue weighted by Crippen LogP contribution is 2.21. The fourth-order valence-corrected chi connectivity index (χ4v) is 2.83. The molecule has 0 aliphatic rings. The third-order valence-electron chi connectivity index (χ3n) is 3.10. The first-order valence-electron chi connectivity index (χ1n) is 6.32. The Morgan fingerprint density at radius 3 is 3.00 bits per heavy atom. The molecule has 0 aliphatic heterocycles. The number of nitro groups is 1. The summed E-state index contributed by atoms with van der Waals surface area (Å²) >= 11 is 1.55. The number of rotatable bonds is 4. The largest absolute Gasteiger partial charge is 0.490 e. The number of hydrogen-bond acceptors (Lipinski definition) is 8. The predicted octanol–water partition coefficient (Wildman–Crippen LogP) is 1.08. The Morgan fingerprint density at radius 1 is 1.27 bits per heavy atom. The number of aromatic nitrogens is 7. The van der Waals surface area contributed by atoms with E-state index in [2.05, 4.69) is 25.1 Å². The Balaban J connectivity index is 1.59. The molecule has 22 heavy (non-hydrogen) atoms. The van der Waals surface area contributed by atoms with Gasteiger partial charge in [0.15, 0.2) is 11.5 Å². The van der Waals surface area contributed by atoms with Gasteiger partial charge in [-0.15, -0.1) is 16.4 Å². The van der Waals surface area contributed by atoms with E-state index >= 15 is 0 Å². The molecule has 0 aromatic carbocycles. The summed E-state index contributed by atoms with van der Waals surface area (Å²) in [6, 6.07) is 1.96. The molecule has 0 saturated carbocycles. The number of nitrogens with zero attached hydrogens (tertiary/aromatic N) is 8. The summed E-state index contributed by atoms with van der Waals surface area (Å²) < 4.78 is 3.04. The lowest BCUT2D eigenvalue weighted by molar-refractivity contribution is -0.394. The standard InChI is InChI=1S/C11H8N8O2S/c20-19(21)11-13-5-17(16-11)3-1-8-14-9-7-2-4-22-10(7)12-6-18(9)15-8/h2,4-6H,1,3H2. The molecule has 4 aromatic heterocycles. The molecule has 4 rings (SSSR count). The maximum absolute atomic E-state index is 10.5. The SMILES string of the molecule is O=[N+]([O-])c1ncn(CCc2nc3c4ccsc4ncn3n2)n1. The van der Waals surface area contributed by atoms with E-state index in [9.17, 15) is 10.1 Å². The summed E-state index contributed by atoms with van der Waals surface area (Å²) in [5, 5.41) is 21.6. The van der Waals surface area contributed by atoms with Gasteiger partial charge in [0, 0.05) is 11.5 Å². The van der Waals surface area contributed by atoms with Gasteiger partial charge in [-0.05, 0) is 16.4 Å². The minimum absolute atomic E-state index is 0.410. The topological polar surface area (TPSA) is 117 Å². The Bertz CT molecular complexity index is 986. The molecule has 11 heteroatoms. The van der Waals surface area contributed by atoms with Gasteiger partial charge in [0.1, 0.15) is 11.2 Å². The van der Waals surface area contributed by atoms with Crippen molar-refractivity contribution in [3.63, 3.8) is 0 Å². The van der Waals surface area contributed by atoms with Crippen LogP contribution in [-0.4, -0.2) is 39.3 Å². The third-order valence-corrected chi connectivity index (χ3v) is 3.92. The zero-order chi connectivity index (χ0) is 15.1. The van der Waals surface area contributed by atoms with E-state index in [1.165, 1.54) is 11.0 Å². The van der Waals surface area contributed by atoms with Crippen LogP contribution in [0.15, 0.2) is 24.1 Å². The van der Waals surface area contributed by atoms with Crippen LogP contribution in [0.5, 0.6) is 0 Å². The Kier molecular flexibility index (Phi) is 2.79. The van der Waals surface area contributed by atoms with Gasteiger partial charge in [-0.2, -0.15) is 4.68 Å². The van der Waals surface area contributed by atoms with Crippen LogP contribution >= 0.6 is 11.3 Å². The van der Waals surface area contributed by atoms with Crippen LogP contribution in [-0.2, 0) is 13.0 Å². The van der Waals surface area contributed by atoms with Crippen LogP contribution in [0.25, 0.3) is 15.9 Å². The molecular weight excluding hydrogens is 308 g/mol. The molecule has 10 nitrogen and oxygen atoms in total. The van der Waals surface area contributed by atoms with Crippen molar-refractivity contribution >= 4 is 33.1 Å². The van der Waals surface area contributed by atoms with Gasteiger partial charge in [-0.1, -0.05) is 4.98 Å². The second-order valence-electron chi connectivity index (χ2n) is 4.49. The fourth-order valence-electron chi connectivity index (χ4n) is 2.11. The van der Waals surface area contributed by atoms with Gasteiger partial charge < -0.3 is 10.1 Å². The molecule has 0 aliphatic carbocycles. The van der Waals surface area contributed by atoms with Gasteiger partial charge in [0.2, 0.25) is 6.33 Å². The van der Waals surface area contributed by atoms with Crippen molar-refractivity contribution in [1.29, 1.82) is 0 Å². The molecule has 0 saturated heterocycles. The summed E-state index contributed by atoms with van der Waals surface area (Å²) in [7, 11) is 0. The van der Waals surface area contributed by atoms with Crippen LogP contribution in [0.3, 0.4) is 0 Å². The number of hydrogen-bond donors (Lipinski definition) is 0. The van der Waals surface area contributed by atoms with E-state index in [0.717, 1.165) is 15.9 Å². The van der Waals surface area contributed by atoms with Crippen LogP contribution in [0.4, 0.5) is 5.95 Å². The number of thiophene rings is 1. The van der Waals surface area contributed by atoms with Gasteiger partial charge >= 0.3 is 5.95 Å². The molecule has 0 unspecified atom stereocenters. The van der Waals surface area contributed by atoms with E-state index < -0.39 is 10.9 Å². The van der Waals surface area contributed by atoms with Crippen LogP contribution in [0.2, 0.25) is 0 Å². The van der Waals surface area contributed by atoms with Gasteiger partial charge in [-0.3, -0.25) is 0 Å². The lowest BCUT2D eigenvalue weighted by atomic mass is 10.4. The highest BCUT2D eigenvalue weighted by molar-refractivity contribution is 7.16. The molecule has 0 bridgehead atoms. The quantitative estimate of drug-likeness (QED) is 0.408. The smallest absolute Gasteiger partial charge is 0.390 e. The van der Waals surface area contributed by atoms with E-state index in [0.29, 0.717) is 18.8 Å². The molecule has 0 atom stereocenters. The van der Waals surface area contributed by atoms with E-state index in [1.54, 1.807) is 22.2 Å². The van der Waals surface area contributed by atoms with Gasteiger partial charge in [0.25, 0.3) is 0 Å². The van der Waals surface area contributed by atoms with E-state index in [1.807, 2.05) is 11.4 Å². The number of aryl methyl sites for hydroxylation is 2. The van der Waals surface area contributed by atoms with Crippen LogP contribution in [0, 0.1) is 10.1 Å². The van der Waals surface area contributed by atoms with Gasteiger partial charge in [-0.25, -0.2) is 14.5 Å². The molecular formula is C11H8N8O2S. The molecule has 4 aromatic rings. The zero-order valence-corrected chi connectivity index (χ0v) is 11.8. The molecule has 110 valence electrons. The van der Waals surface area contributed by atoms with E-state index in [4.69, 9.17) is 0 Å². The summed E-state index contributed by atoms with van der Waals surface area (Å²) in [4.78, 5) is 23.2. The minimum Gasteiger partial charge on any atom is -0.390 e. The Hall–Kier alpha value is -2.95. The first kappa shape index (κ1) is 12.8. The molecule has 4 heterocycles. The lowest BCUT2D eigenvalue weighted by Crippen LogP contribution is -2.04.